The van der Waals surface area contributed by atoms with Crippen molar-refractivity contribution in [3.05, 3.63) is 24.0 Å². The molecule has 0 atom stereocenters. The molecule has 1 amide bonds. The van der Waals surface area contributed by atoms with Crippen LogP contribution in [0.1, 0.15) is 27.2 Å². The molecule has 0 bridgehead atoms. The van der Waals surface area contributed by atoms with Crippen molar-refractivity contribution in [2.45, 2.75) is 32.7 Å². The lowest BCUT2D eigenvalue weighted by atomic mass is 10.1. The Balaban J connectivity index is 1.88. The lowest BCUT2D eigenvalue weighted by Crippen LogP contribution is -2.41. The van der Waals surface area contributed by atoms with Gasteiger partial charge in [0.25, 0.3) is 0 Å². The number of carbonyl (C=O) groups is 1. The smallest absolute Gasteiger partial charge is 0.222 e. The number of fused-ring (bicyclic) bond motifs is 1. The highest BCUT2D eigenvalue weighted by Gasteiger charge is 2.13. The average Bonchev–Trinajstić information content (AvgIpc) is 2.68. The van der Waals surface area contributed by atoms with Gasteiger partial charge in [-0.25, -0.2) is 9.37 Å². The van der Waals surface area contributed by atoms with Crippen LogP contribution in [0.2, 0.25) is 0 Å². The zero-order valence-corrected chi connectivity index (χ0v) is 12.6. The molecule has 2 aromatic rings. The fourth-order valence-electron chi connectivity index (χ4n) is 1.74. The summed E-state index contributed by atoms with van der Waals surface area (Å²) in [4.78, 5) is 15.9. The molecule has 0 spiro atoms. The highest BCUT2D eigenvalue weighted by molar-refractivity contribution is 7.22. The number of nitrogens with zero attached hydrogens (tertiary/aromatic N) is 1. The Labute approximate surface area is 121 Å². The maximum absolute atomic E-state index is 13.1. The molecule has 0 aliphatic rings. The van der Waals surface area contributed by atoms with E-state index in [1.165, 1.54) is 23.5 Å². The second kappa shape index (κ2) is 5.75. The average molecular weight is 295 g/mol. The zero-order valence-electron chi connectivity index (χ0n) is 11.8. The maximum atomic E-state index is 13.1. The predicted octanol–water partition coefficient (Wildman–Crippen LogP) is 3.15. The molecule has 0 saturated carbocycles. The predicted molar refractivity (Wildman–Crippen MR) is 80.6 cm³/mol. The highest BCUT2D eigenvalue weighted by atomic mass is 32.1. The molecule has 4 nitrogen and oxygen atoms in total. The van der Waals surface area contributed by atoms with E-state index < -0.39 is 0 Å². The molecule has 2 rings (SSSR count). The molecular weight excluding hydrogens is 277 g/mol. The third-order valence-electron chi connectivity index (χ3n) is 2.49. The number of nitrogens with one attached hydrogen (secondary N) is 2. The minimum absolute atomic E-state index is 0.00263. The van der Waals surface area contributed by atoms with Gasteiger partial charge in [0, 0.05) is 24.6 Å². The third-order valence-corrected chi connectivity index (χ3v) is 3.49. The quantitative estimate of drug-likeness (QED) is 0.911. The van der Waals surface area contributed by atoms with Crippen LogP contribution in [0.5, 0.6) is 0 Å². The molecule has 20 heavy (non-hydrogen) atoms. The first kappa shape index (κ1) is 14.7. The van der Waals surface area contributed by atoms with Gasteiger partial charge < -0.3 is 10.6 Å². The Kier molecular flexibility index (Phi) is 4.23. The van der Waals surface area contributed by atoms with E-state index in [1.54, 1.807) is 6.07 Å². The second-order valence-corrected chi connectivity index (χ2v) is 6.64. The summed E-state index contributed by atoms with van der Waals surface area (Å²) in [5.74, 6) is -0.295. The van der Waals surface area contributed by atoms with Gasteiger partial charge in [0.2, 0.25) is 5.91 Å². The topological polar surface area (TPSA) is 54.0 Å². The van der Waals surface area contributed by atoms with Crippen LogP contribution < -0.4 is 10.6 Å². The van der Waals surface area contributed by atoms with Crippen LogP contribution in [0.25, 0.3) is 10.2 Å². The molecule has 0 fully saturated rings. The first-order valence-electron chi connectivity index (χ1n) is 6.44. The number of rotatable bonds is 4. The van der Waals surface area contributed by atoms with Crippen molar-refractivity contribution < 1.29 is 9.18 Å². The number of anilines is 1. The molecule has 0 radical (unpaired) electrons. The van der Waals surface area contributed by atoms with Crippen molar-refractivity contribution in [1.82, 2.24) is 10.3 Å². The summed E-state index contributed by atoms with van der Waals surface area (Å²) in [6.07, 6.45) is 0.377. The number of thiazole rings is 1. The SMILES string of the molecule is CC(C)(C)NC(=O)CCNc1nc2cc(F)ccc2s1. The summed E-state index contributed by atoms with van der Waals surface area (Å²) in [5.41, 5.74) is 0.418. The second-order valence-electron chi connectivity index (χ2n) is 5.61. The zero-order chi connectivity index (χ0) is 14.8. The minimum Gasteiger partial charge on any atom is -0.361 e. The van der Waals surface area contributed by atoms with Crippen LogP contribution in [0.15, 0.2) is 18.2 Å². The van der Waals surface area contributed by atoms with E-state index in [0.29, 0.717) is 23.6 Å². The fourth-order valence-corrected chi connectivity index (χ4v) is 2.61. The number of carbonyl (C=O) groups excluding carboxylic acids is 1. The molecule has 1 heterocycles. The summed E-state index contributed by atoms with van der Waals surface area (Å²) in [6.45, 7) is 6.34. The summed E-state index contributed by atoms with van der Waals surface area (Å²) >= 11 is 1.45. The monoisotopic (exact) mass is 295 g/mol. The number of hydrogen-bond acceptors (Lipinski definition) is 4. The lowest BCUT2D eigenvalue weighted by Gasteiger charge is -2.20. The molecular formula is C14H18FN3OS. The molecule has 108 valence electrons. The Bertz CT molecular complexity index is 618. The Morgan fingerprint density at radius 2 is 2.15 bits per heavy atom. The van der Waals surface area contributed by atoms with Crippen LogP contribution in [0, 0.1) is 5.82 Å². The third kappa shape index (κ3) is 4.16. The molecule has 0 unspecified atom stereocenters. The molecule has 6 heteroatoms. The number of aromatic nitrogens is 1. The van der Waals surface area contributed by atoms with Gasteiger partial charge in [-0.2, -0.15) is 0 Å². The van der Waals surface area contributed by atoms with Crippen molar-refractivity contribution in [1.29, 1.82) is 0 Å². The number of benzene rings is 1. The van der Waals surface area contributed by atoms with Gasteiger partial charge in [-0.05, 0) is 32.9 Å². The first-order valence-corrected chi connectivity index (χ1v) is 7.26. The van der Waals surface area contributed by atoms with Gasteiger partial charge in [0.05, 0.1) is 10.2 Å². The Morgan fingerprint density at radius 1 is 1.40 bits per heavy atom. The van der Waals surface area contributed by atoms with Crippen molar-refractivity contribution in [2.75, 3.05) is 11.9 Å². The van der Waals surface area contributed by atoms with E-state index in [2.05, 4.69) is 15.6 Å². The fraction of sp³-hybridized carbons (Fsp3) is 0.429. The molecule has 0 aliphatic carbocycles. The Hall–Kier alpha value is -1.69. The minimum atomic E-state index is -0.293. The van der Waals surface area contributed by atoms with E-state index in [4.69, 9.17) is 0 Å². The maximum Gasteiger partial charge on any atom is 0.222 e. The standard InChI is InChI=1S/C14H18FN3OS/c1-14(2,3)18-12(19)6-7-16-13-17-10-8-9(15)4-5-11(10)20-13/h4-5,8H,6-7H2,1-3H3,(H,16,17)(H,18,19). The molecule has 0 saturated heterocycles. The van der Waals surface area contributed by atoms with Crippen LogP contribution in [-0.2, 0) is 4.79 Å². The van der Waals surface area contributed by atoms with E-state index in [0.717, 1.165) is 4.70 Å². The molecule has 0 aliphatic heterocycles. The molecule has 1 aromatic carbocycles. The van der Waals surface area contributed by atoms with Crippen LogP contribution in [-0.4, -0.2) is 23.0 Å². The van der Waals surface area contributed by atoms with Crippen molar-refractivity contribution >= 4 is 32.6 Å². The summed E-state index contributed by atoms with van der Waals surface area (Å²) in [5, 5.41) is 6.69. The summed E-state index contributed by atoms with van der Waals surface area (Å²) in [7, 11) is 0. The number of amides is 1. The first-order chi connectivity index (χ1) is 9.33. The summed E-state index contributed by atoms with van der Waals surface area (Å²) < 4.78 is 14.0. The molecule has 2 N–H and O–H groups in total. The van der Waals surface area contributed by atoms with Crippen molar-refractivity contribution in [2.24, 2.45) is 0 Å². The van der Waals surface area contributed by atoms with Crippen LogP contribution >= 0.6 is 11.3 Å². The number of hydrogen-bond donors (Lipinski definition) is 2. The van der Waals surface area contributed by atoms with E-state index in [1.807, 2.05) is 20.8 Å². The lowest BCUT2D eigenvalue weighted by molar-refractivity contribution is -0.122. The van der Waals surface area contributed by atoms with Gasteiger partial charge >= 0.3 is 0 Å². The van der Waals surface area contributed by atoms with Gasteiger partial charge in [-0.1, -0.05) is 11.3 Å². The normalized spacial score (nSPS) is 11.6. The van der Waals surface area contributed by atoms with Gasteiger partial charge in [0.15, 0.2) is 5.13 Å². The van der Waals surface area contributed by atoms with Gasteiger partial charge in [0.1, 0.15) is 5.82 Å². The van der Waals surface area contributed by atoms with E-state index in [9.17, 15) is 9.18 Å². The van der Waals surface area contributed by atoms with Gasteiger partial charge in [-0.15, -0.1) is 0 Å². The molecule has 1 aromatic heterocycles. The largest absolute Gasteiger partial charge is 0.361 e. The van der Waals surface area contributed by atoms with Crippen molar-refractivity contribution in [3.63, 3.8) is 0 Å². The van der Waals surface area contributed by atoms with E-state index >= 15 is 0 Å². The van der Waals surface area contributed by atoms with Crippen LogP contribution in [0.4, 0.5) is 9.52 Å². The Morgan fingerprint density at radius 3 is 2.85 bits per heavy atom. The van der Waals surface area contributed by atoms with Gasteiger partial charge in [-0.3, -0.25) is 4.79 Å². The van der Waals surface area contributed by atoms with Crippen molar-refractivity contribution in [3.8, 4) is 0 Å². The van der Waals surface area contributed by atoms with Crippen LogP contribution in [0.3, 0.4) is 0 Å². The highest BCUT2D eigenvalue weighted by Crippen LogP contribution is 2.26. The number of halogens is 1. The summed E-state index contributed by atoms with van der Waals surface area (Å²) in [6, 6.07) is 4.53. The van der Waals surface area contributed by atoms with E-state index in [-0.39, 0.29) is 17.3 Å².